The zero-order valence-electron chi connectivity index (χ0n) is 12.6. The second-order valence-corrected chi connectivity index (χ2v) is 9.21. The fourth-order valence-electron chi connectivity index (χ4n) is 3.85. The summed E-state index contributed by atoms with van der Waals surface area (Å²) in [5.41, 5.74) is 0. The van der Waals surface area contributed by atoms with Gasteiger partial charge in [-0.1, -0.05) is 12.8 Å². The Hall–Kier alpha value is -0.130. The van der Waals surface area contributed by atoms with Crippen LogP contribution in [0.2, 0.25) is 0 Å². The molecule has 1 heterocycles. The monoisotopic (exact) mass is 300 g/mol. The molecule has 1 N–H and O–H groups in total. The number of rotatable bonds is 5. The number of hydrogen-bond donors (Lipinski definition) is 1. The minimum Gasteiger partial charge on any atom is -0.313 e. The lowest BCUT2D eigenvalue weighted by Gasteiger charge is -2.44. The summed E-state index contributed by atoms with van der Waals surface area (Å²) in [7, 11) is -3.13. The first-order chi connectivity index (χ1) is 9.59. The van der Waals surface area contributed by atoms with E-state index in [4.69, 9.17) is 0 Å². The number of nitrogens with zero attached hydrogens (tertiary/aromatic N) is 1. The molecule has 4 nitrogen and oxygen atoms in total. The molecule has 2 saturated carbocycles. The fraction of sp³-hybridized carbons (Fsp3) is 1.00. The van der Waals surface area contributed by atoms with E-state index in [0.29, 0.717) is 24.5 Å². The number of sulfonamides is 1. The highest BCUT2D eigenvalue weighted by Crippen LogP contribution is 2.37. The molecule has 3 rings (SSSR count). The highest BCUT2D eigenvalue weighted by molar-refractivity contribution is 7.89. The lowest BCUT2D eigenvalue weighted by atomic mass is 9.79. The summed E-state index contributed by atoms with van der Waals surface area (Å²) in [4.78, 5) is 0. The van der Waals surface area contributed by atoms with Crippen LogP contribution in [-0.4, -0.2) is 43.1 Å². The summed E-state index contributed by atoms with van der Waals surface area (Å²) >= 11 is 0. The lowest BCUT2D eigenvalue weighted by Crippen LogP contribution is -2.53. The molecular formula is C15H28N2O2S. The van der Waals surface area contributed by atoms with E-state index >= 15 is 0 Å². The summed E-state index contributed by atoms with van der Waals surface area (Å²) in [5.74, 6) is 0.621. The van der Waals surface area contributed by atoms with Crippen LogP contribution < -0.4 is 5.32 Å². The topological polar surface area (TPSA) is 49.4 Å². The average Bonchev–Trinajstić information content (AvgIpc) is 3.28. The van der Waals surface area contributed by atoms with E-state index in [0.717, 1.165) is 19.4 Å². The molecule has 3 aliphatic rings. The van der Waals surface area contributed by atoms with Crippen LogP contribution >= 0.6 is 0 Å². The van der Waals surface area contributed by atoms with E-state index in [-0.39, 0.29) is 5.25 Å². The van der Waals surface area contributed by atoms with Gasteiger partial charge < -0.3 is 5.32 Å². The average molecular weight is 300 g/mol. The van der Waals surface area contributed by atoms with E-state index in [1.54, 1.807) is 0 Å². The molecule has 0 radical (unpaired) electrons. The Bertz CT molecular complexity index is 431. The highest BCUT2D eigenvalue weighted by Gasteiger charge is 2.41. The predicted octanol–water partition coefficient (Wildman–Crippen LogP) is 2.11. The molecule has 0 spiro atoms. The Morgan fingerprint density at radius 2 is 1.80 bits per heavy atom. The maximum Gasteiger partial charge on any atom is 0.218 e. The Morgan fingerprint density at radius 1 is 1.10 bits per heavy atom. The molecule has 1 saturated heterocycles. The van der Waals surface area contributed by atoms with Crippen molar-refractivity contribution in [1.29, 1.82) is 0 Å². The molecule has 116 valence electrons. The van der Waals surface area contributed by atoms with Crippen LogP contribution in [-0.2, 0) is 10.0 Å². The van der Waals surface area contributed by atoms with E-state index in [1.807, 2.05) is 11.2 Å². The van der Waals surface area contributed by atoms with Gasteiger partial charge in [-0.05, 0) is 51.4 Å². The molecule has 0 aromatic carbocycles. The Kier molecular flexibility index (Phi) is 4.39. The molecule has 0 aromatic heterocycles. The predicted molar refractivity (Wildman–Crippen MR) is 81.1 cm³/mol. The fourth-order valence-corrected chi connectivity index (χ4v) is 5.66. The molecular weight excluding hydrogens is 272 g/mol. The van der Waals surface area contributed by atoms with Gasteiger partial charge in [-0.3, -0.25) is 0 Å². The van der Waals surface area contributed by atoms with Crippen LogP contribution in [0.15, 0.2) is 0 Å². The summed E-state index contributed by atoms with van der Waals surface area (Å²) in [6.07, 6.45) is 9.48. The molecule has 0 bridgehead atoms. The van der Waals surface area contributed by atoms with Gasteiger partial charge in [0, 0.05) is 25.2 Å². The maximum atomic E-state index is 12.9. The molecule has 3 unspecified atom stereocenters. The first-order valence-corrected chi connectivity index (χ1v) is 9.83. The summed E-state index contributed by atoms with van der Waals surface area (Å²) in [6.45, 7) is 3.23. The molecule has 3 atom stereocenters. The van der Waals surface area contributed by atoms with E-state index in [9.17, 15) is 8.42 Å². The van der Waals surface area contributed by atoms with Crippen LogP contribution in [0.4, 0.5) is 0 Å². The third-order valence-electron chi connectivity index (χ3n) is 5.30. The van der Waals surface area contributed by atoms with Gasteiger partial charge in [-0.15, -0.1) is 0 Å². The molecule has 0 amide bonds. The molecule has 0 aromatic rings. The van der Waals surface area contributed by atoms with Gasteiger partial charge in [0.1, 0.15) is 0 Å². The third-order valence-corrected chi connectivity index (χ3v) is 7.59. The zero-order valence-corrected chi connectivity index (χ0v) is 13.4. The van der Waals surface area contributed by atoms with Gasteiger partial charge in [0.15, 0.2) is 0 Å². The minimum atomic E-state index is -3.13. The SMILES string of the molecule is CC(CNC1CC1)S(=O)(=O)N1CCCC2CCCCC21. The van der Waals surface area contributed by atoms with Crippen molar-refractivity contribution >= 4 is 10.0 Å². The van der Waals surface area contributed by atoms with Gasteiger partial charge in [-0.25, -0.2) is 8.42 Å². The van der Waals surface area contributed by atoms with Crippen LogP contribution in [0.25, 0.3) is 0 Å². The summed E-state index contributed by atoms with van der Waals surface area (Å²) < 4.78 is 27.6. The number of piperidine rings is 1. The number of fused-ring (bicyclic) bond motifs is 1. The number of nitrogens with one attached hydrogen (secondary N) is 1. The van der Waals surface area contributed by atoms with Crippen LogP contribution in [0, 0.1) is 5.92 Å². The van der Waals surface area contributed by atoms with Crippen molar-refractivity contribution in [3.8, 4) is 0 Å². The quantitative estimate of drug-likeness (QED) is 0.846. The first kappa shape index (κ1) is 14.8. The second kappa shape index (κ2) is 5.93. The van der Waals surface area contributed by atoms with Crippen LogP contribution in [0.3, 0.4) is 0 Å². The molecule has 3 fully saturated rings. The molecule has 5 heteroatoms. The van der Waals surface area contributed by atoms with Gasteiger partial charge in [0.05, 0.1) is 5.25 Å². The van der Waals surface area contributed by atoms with E-state index < -0.39 is 10.0 Å². The Labute approximate surface area is 123 Å². The smallest absolute Gasteiger partial charge is 0.218 e. The molecule has 20 heavy (non-hydrogen) atoms. The summed E-state index contributed by atoms with van der Waals surface area (Å²) in [5, 5.41) is 3.08. The standard InChI is InChI=1S/C15H28N2O2S/c1-12(11-16-14-8-9-14)20(18,19)17-10-4-6-13-5-2-3-7-15(13)17/h12-16H,2-11H2,1H3. The zero-order chi connectivity index (χ0) is 14.2. The van der Waals surface area contributed by atoms with Crippen molar-refractivity contribution in [3.05, 3.63) is 0 Å². The normalized spacial score (nSPS) is 33.6. The molecule has 2 aliphatic carbocycles. The van der Waals surface area contributed by atoms with Crippen molar-refractivity contribution in [2.75, 3.05) is 13.1 Å². The lowest BCUT2D eigenvalue weighted by molar-refractivity contribution is 0.128. The highest BCUT2D eigenvalue weighted by atomic mass is 32.2. The Morgan fingerprint density at radius 3 is 2.55 bits per heavy atom. The van der Waals surface area contributed by atoms with Crippen molar-refractivity contribution in [2.45, 2.75) is 75.6 Å². The first-order valence-electron chi connectivity index (χ1n) is 8.33. The second-order valence-electron chi connectivity index (χ2n) is 6.90. The van der Waals surface area contributed by atoms with Crippen molar-refractivity contribution in [2.24, 2.45) is 5.92 Å². The van der Waals surface area contributed by atoms with Crippen LogP contribution in [0.5, 0.6) is 0 Å². The van der Waals surface area contributed by atoms with Gasteiger partial charge >= 0.3 is 0 Å². The maximum absolute atomic E-state index is 12.9. The minimum absolute atomic E-state index is 0.288. The summed E-state index contributed by atoms with van der Waals surface area (Å²) in [6, 6.07) is 0.877. The van der Waals surface area contributed by atoms with E-state index in [2.05, 4.69) is 5.32 Å². The molecule has 1 aliphatic heterocycles. The third kappa shape index (κ3) is 3.04. The van der Waals surface area contributed by atoms with Crippen molar-refractivity contribution in [3.63, 3.8) is 0 Å². The van der Waals surface area contributed by atoms with Crippen molar-refractivity contribution < 1.29 is 8.42 Å². The van der Waals surface area contributed by atoms with E-state index in [1.165, 1.54) is 38.5 Å². The largest absolute Gasteiger partial charge is 0.313 e. The van der Waals surface area contributed by atoms with Crippen LogP contribution in [0.1, 0.15) is 58.3 Å². The van der Waals surface area contributed by atoms with Gasteiger partial charge in [0.25, 0.3) is 0 Å². The van der Waals surface area contributed by atoms with Gasteiger partial charge in [-0.2, -0.15) is 4.31 Å². The Balaban J connectivity index is 1.67. The van der Waals surface area contributed by atoms with Gasteiger partial charge in [0.2, 0.25) is 10.0 Å². The van der Waals surface area contributed by atoms with Crippen molar-refractivity contribution in [1.82, 2.24) is 9.62 Å². The number of hydrogen-bond acceptors (Lipinski definition) is 3.